The molecule has 114 valence electrons. The van der Waals surface area contributed by atoms with Crippen molar-refractivity contribution >= 4 is 39.5 Å². The van der Waals surface area contributed by atoms with Crippen LogP contribution in [0, 0.1) is 0 Å². The number of alkyl halides is 1. The van der Waals surface area contributed by atoms with Crippen LogP contribution in [-0.2, 0) is 13.1 Å². The second-order valence-corrected chi connectivity index (χ2v) is 7.49. The first-order chi connectivity index (χ1) is 10.8. The van der Waals surface area contributed by atoms with Crippen molar-refractivity contribution in [3.05, 3.63) is 71.8 Å². The Morgan fingerprint density at radius 3 is 1.95 bits per heavy atom. The minimum absolute atomic E-state index is 0.629. The standard InChI is InChI=1S/C18H19IN2S/c19-11-17-12-20-18(22-17)21(13-15-7-3-1-4-8-15)14-16-9-5-2-6-10-16/h1-10,17H,11-14H2/t17-/m1/s1. The summed E-state index contributed by atoms with van der Waals surface area (Å²) < 4.78 is 1.15. The Balaban J connectivity index is 1.76. The molecule has 2 aromatic rings. The fourth-order valence-corrected chi connectivity index (χ4v) is 4.21. The van der Waals surface area contributed by atoms with Gasteiger partial charge in [-0.05, 0) is 11.1 Å². The second-order valence-electron chi connectivity index (χ2n) is 5.34. The number of nitrogens with zero attached hydrogens (tertiary/aromatic N) is 2. The molecule has 0 radical (unpaired) electrons. The van der Waals surface area contributed by atoms with E-state index in [1.54, 1.807) is 0 Å². The molecule has 0 unspecified atom stereocenters. The molecule has 0 aliphatic carbocycles. The third-order valence-corrected chi connectivity index (χ3v) is 6.49. The normalized spacial score (nSPS) is 17.3. The lowest BCUT2D eigenvalue weighted by Gasteiger charge is -2.24. The summed E-state index contributed by atoms with van der Waals surface area (Å²) in [5.74, 6) is 0. The smallest absolute Gasteiger partial charge is 0.160 e. The maximum absolute atomic E-state index is 4.78. The van der Waals surface area contributed by atoms with Crippen molar-refractivity contribution in [2.75, 3.05) is 11.0 Å². The Kier molecular flexibility index (Phi) is 5.78. The molecule has 2 aromatic carbocycles. The lowest BCUT2D eigenvalue weighted by molar-refractivity contribution is 0.414. The number of rotatable bonds is 5. The van der Waals surface area contributed by atoms with Gasteiger partial charge in [0.2, 0.25) is 0 Å². The number of hydrogen-bond acceptors (Lipinski definition) is 3. The number of amidine groups is 1. The monoisotopic (exact) mass is 422 g/mol. The van der Waals surface area contributed by atoms with E-state index >= 15 is 0 Å². The van der Waals surface area contributed by atoms with Gasteiger partial charge >= 0.3 is 0 Å². The molecule has 0 N–H and O–H groups in total. The molecule has 0 saturated carbocycles. The third kappa shape index (κ3) is 4.26. The lowest BCUT2D eigenvalue weighted by Crippen LogP contribution is -2.27. The van der Waals surface area contributed by atoms with Gasteiger partial charge in [0.1, 0.15) is 0 Å². The summed E-state index contributed by atoms with van der Waals surface area (Å²) in [5, 5.41) is 1.82. The van der Waals surface area contributed by atoms with Crippen LogP contribution in [0.2, 0.25) is 0 Å². The van der Waals surface area contributed by atoms with E-state index in [0.717, 1.165) is 24.1 Å². The molecule has 4 heteroatoms. The second kappa shape index (κ2) is 8.02. The van der Waals surface area contributed by atoms with Crippen LogP contribution in [0.15, 0.2) is 65.7 Å². The van der Waals surface area contributed by atoms with Gasteiger partial charge < -0.3 is 4.90 Å². The first-order valence-corrected chi connectivity index (χ1v) is 9.85. The highest BCUT2D eigenvalue weighted by atomic mass is 127. The summed E-state index contributed by atoms with van der Waals surface area (Å²) in [6.07, 6.45) is 0. The number of hydrogen-bond donors (Lipinski definition) is 0. The van der Waals surface area contributed by atoms with Crippen LogP contribution in [0.25, 0.3) is 0 Å². The van der Waals surface area contributed by atoms with Crippen LogP contribution in [0.3, 0.4) is 0 Å². The fraction of sp³-hybridized carbons (Fsp3) is 0.278. The van der Waals surface area contributed by atoms with Gasteiger partial charge in [-0.25, -0.2) is 0 Å². The molecule has 0 fully saturated rings. The zero-order chi connectivity index (χ0) is 15.2. The van der Waals surface area contributed by atoms with E-state index in [1.165, 1.54) is 16.3 Å². The van der Waals surface area contributed by atoms with E-state index in [4.69, 9.17) is 4.99 Å². The van der Waals surface area contributed by atoms with Gasteiger partial charge in [0.15, 0.2) is 5.17 Å². The quantitative estimate of drug-likeness (QED) is 0.517. The maximum Gasteiger partial charge on any atom is 0.160 e. The molecule has 1 aliphatic rings. The molecule has 1 heterocycles. The van der Waals surface area contributed by atoms with Crippen molar-refractivity contribution in [1.29, 1.82) is 0 Å². The Hall–Kier alpha value is -1.01. The summed E-state index contributed by atoms with van der Waals surface area (Å²) in [7, 11) is 0. The molecular formula is C18H19IN2S. The lowest BCUT2D eigenvalue weighted by atomic mass is 10.2. The molecule has 2 nitrogen and oxygen atoms in total. The van der Waals surface area contributed by atoms with Crippen molar-refractivity contribution in [2.24, 2.45) is 4.99 Å². The van der Waals surface area contributed by atoms with E-state index in [9.17, 15) is 0 Å². The molecule has 0 saturated heterocycles. The van der Waals surface area contributed by atoms with E-state index in [2.05, 4.69) is 88.2 Å². The SMILES string of the molecule is IC[C@@H]1CN=C(N(Cc2ccccc2)Cc2ccccc2)S1. The van der Waals surface area contributed by atoms with Gasteiger partial charge in [-0.3, -0.25) is 4.99 Å². The first-order valence-electron chi connectivity index (χ1n) is 7.45. The minimum Gasteiger partial charge on any atom is -0.343 e. The Bertz CT molecular complexity index is 574. The summed E-state index contributed by atoms with van der Waals surface area (Å²) >= 11 is 4.38. The van der Waals surface area contributed by atoms with Crippen LogP contribution in [0.5, 0.6) is 0 Å². The summed E-state index contributed by atoms with van der Waals surface area (Å²) in [6, 6.07) is 21.3. The zero-order valence-corrected chi connectivity index (χ0v) is 15.3. The molecule has 0 bridgehead atoms. The van der Waals surface area contributed by atoms with Crippen LogP contribution in [0.1, 0.15) is 11.1 Å². The maximum atomic E-state index is 4.78. The van der Waals surface area contributed by atoms with Crippen molar-refractivity contribution in [2.45, 2.75) is 18.3 Å². The van der Waals surface area contributed by atoms with Crippen LogP contribution >= 0.6 is 34.4 Å². The van der Waals surface area contributed by atoms with E-state index in [0.29, 0.717) is 5.25 Å². The van der Waals surface area contributed by atoms with Crippen LogP contribution in [0.4, 0.5) is 0 Å². The van der Waals surface area contributed by atoms with Crippen molar-refractivity contribution in [3.63, 3.8) is 0 Å². The molecule has 0 aromatic heterocycles. The highest BCUT2D eigenvalue weighted by Gasteiger charge is 2.23. The van der Waals surface area contributed by atoms with Crippen molar-refractivity contribution in [3.8, 4) is 0 Å². The average Bonchev–Trinajstić information content (AvgIpc) is 3.05. The van der Waals surface area contributed by atoms with Crippen LogP contribution in [-0.4, -0.2) is 26.3 Å². The first kappa shape index (κ1) is 15.9. The van der Waals surface area contributed by atoms with Gasteiger partial charge in [-0.2, -0.15) is 0 Å². The predicted octanol–water partition coefficient (Wildman–Crippen LogP) is 4.60. The number of thioether (sulfide) groups is 1. The topological polar surface area (TPSA) is 15.6 Å². The average molecular weight is 422 g/mol. The van der Waals surface area contributed by atoms with Crippen molar-refractivity contribution in [1.82, 2.24) is 4.90 Å². The third-order valence-electron chi connectivity index (χ3n) is 3.58. The van der Waals surface area contributed by atoms with E-state index in [-0.39, 0.29) is 0 Å². The zero-order valence-electron chi connectivity index (χ0n) is 12.4. The predicted molar refractivity (Wildman–Crippen MR) is 105 cm³/mol. The highest BCUT2D eigenvalue weighted by molar-refractivity contribution is 14.1. The van der Waals surface area contributed by atoms with E-state index < -0.39 is 0 Å². The number of halogens is 1. The van der Waals surface area contributed by atoms with Gasteiger partial charge in [0, 0.05) is 22.8 Å². The van der Waals surface area contributed by atoms with E-state index in [1.807, 2.05) is 11.8 Å². The van der Waals surface area contributed by atoms with Gasteiger partial charge in [0.05, 0.1) is 6.54 Å². The number of benzene rings is 2. The minimum atomic E-state index is 0.629. The molecule has 1 atom stereocenters. The van der Waals surface area contributed by atoms with Crippen LogP contribution < -0.4 is 0 Å². The summed E-state index contributed by atoms with van der Waals surface area (Å²) in [5.41, 5.74) is 2.67. The molecule has 0 amide bonds. The Labute approximate surface area is 150 Å². The summed E-state index contributed by atoms with van der Waals surface area (Å²) in [6.45, 7) is 2.77. The Morgan fingerprint density at radius 2 is 1.50 bits per heavy atom. The molecule has 22 heavy (non-hydrogen) atoms. The fourth-order valence-electron chi connectivity index (χ4n) is 2.46. The van der Waals surface area contributed by atoms with Crippen molar-refractivity contribution < 1.29 is 0 Å². The largest absolute Gasteiger partial charge is 0.343 e. The summed E-state index contributed by atoms with van der Waals surface area (Å²) in [4.78, 5) is 7.19. The van der Waals surface area contributed by atoms with Gasteiger partial charge in [-0.1, -0.05) is 95.0 Å². The van der Waals surface area contributed by atoms with Gasteiger partial charge in [0.25, 0.3) is 0 Å². The highest BCUT2D eigenvalue weighted by Crippen LogP contribution is 2.27. The Morgan fingerprint density at radius 1 is 0.955 bits per heavy atom. The molecule has 1 aliphatic heterocycles. The molecule has 3 rings (SSSR count). The molecule has 0 spiro atoms. The molecular weight excluding hydrogens is 403 g/mol. The number of aliphatic imine (C=N–C) groups is 1. The van der Waals surface area contributed by atoms with Gasteiger partial charge in [-0.15, -0.1) is 0 Å².